The van der Waals surface area contributed by atoms with Gasteiger partial charge in [-0.25, -0.2) is 0 Å². The Hall–Kier alpha value is -1.33. The standard InChI is InChI=1S/C13H22N2O3/c1-3-14-12-6-4-7-13(15-12)18-9-5-8-17-11-10-16-2/h4,6-7H,3,5,8-11H2,1-2H3,(H,14,15). The fourth-order valence-electron chi connectivity index (χ4n) is 1.36. The summed E-state index contributed by atoms with van der Waals surface area (Å²) in [6.45, 7) is 5.43. The second kappa shape index (κ2) is 9.67. The fourth-order valence-corrected chi connectivity index (χ4v) is 1.36. The molecule has 1 aromatic rings. The van der Waals surface area contributed by atoms with Crippen molar-refractivity contribution in [3.05, 3.63) is 18.2 Å². The van der Waals surface area contributed by atoms with E-state index in [2.05, 4.69) is 10.3 Å². The first kappa shape index (κ1) is 14.7. The maximum atomic E-state index is 5.54. The van der Waals surface area contributed by atoms with E-state index in [1.54, 1.807) is 7.11 Å². The molecule has 0 fully saturated rings. The van der Waals surface area contributed by atoms with Gasteiger partial charge in [0.05, 0.1) is 19.8 Å². The van der Waals surface area contributed by atoms with Gasteiger partial charge in [0.15, 0.2) is 0 Å². The van der Waals surface area contributed by atoms with Gasteiger partial charge in [0.2, 0.25) is 5.88 Å². The summed E-state index contributed by atoms with van der Waals surface area (Å²) in [5.41, 5.74) is 0. The van der Waals surface area contributed by atoms with E-state index in [9.17, 15) is 0 Å². The molecule has 0 unspecified atom stereocenters. The van der Waals surface area contributed by atoms with Gasteiger partial charge in [-0.3, -0.25) is 0 Å². The van der Waals surface area contributed by atoms with E-state index in [1.165, 1.54) is 0 Å². The number of anilines is 1. The summed E-state index contributed by atoms with van der Waals surface area (Å²) < 4.78 is 15.8. The predicted molar refractivity (Wildman–Crippen MR) is 71.2 cm³/mol. The topological polar surface area (TPSA) is 52.6 Å². The second-order valence-corrected chi connectivity index (χ2v) is 3.70. The lowest BCUT2D eigenvalue weighted by Crippen LogP contribution is -2.07. The van der Waals surface area contributed by atoms with E-state index >= 15 is 0 Å². The Balaban J connectivity index is 2.13. The first-order valence-electron chi connectivity index (χ1n) is 6.27. The van der Waals surface area contributed by atoms with Crippen LogP contribution in [-0.4, -0.2) is 45.1 Å². The first-order valence-corrected chi connectivity index (χ1v) is 6.27. The third kappa shape index (κ3) is 6.42. The highest BCUT2D eigenvalue weighted by Crippen LogP contribution is 2.11. The smallest absolute Gasteiger partial charge is 0.215 e. The zero-order valence-electron chi connectivity index (χ0n) is 11.1. The third-order valence-corrected chi connectivity index (χ3v) is 2.20. The number of methoxy groups -OCH3 is 1. The molecule has 1 aromatic heterocycles. The first-order chi connectivity index (χ1) is 8.86. The Morgan fingerprint density at radius 1 is 1.17 bits per heavy atom. The summed E-state index contributed by atoms with van der Waals surface area (Å²) in [5, 5.41) is 3.14. The molecule has 0 aliphatic carbocycles. The van der Waals surface area contributed by atoms with E-state index in [0.717, 1.165) is 18.8 Å². The number of nitrogens with zero attached hydrogens (tertiary/aromatic N) is 1. The van der Waals surface area contributed by atoms with Crippen molar-refractivity contribution in [2.24, 2.45) is 0 Å². The number of hydrogen-bond acceptors (Lipinski definition) is 5. The zero-order chi connectivity index (χ0) is 13.1. The molecule has 0 spiro atoms. The van der Waals surface area contributed by atoms with Gasteiger partial charge in [0.25, 0.3) is 0 Å². The molecule has 0 amide bonds. The third-order valence-electron chi connectivity index (χ3n) is 2.20. The average Bonchev–Trinajstić information content (AvgIpc) is 2.39. The van der Waals surface area contributed by atoms with Gasteiger partial charge in [-0.15, -0.1) is 0 Å². The fraction of sp³-hybridized carbons (Fsp3) is 0.615. The highest BCUT2D eigenvalue weighted by Gasteiger charge is 1.97. The van der Waals surface area contributed by atoms with Crippen LogP contribution in [0.25, 0.3) is 0 Å². The molecule has 0 aromatic carbocycles. The molecule has 5 nitrogen and oxygen atoms in total. The minimum absolute atomic E-state index is 0.607. The molecule has 0 aliphatic heterocycles. The number of ether oxygens (including phenoxy) is 3. The van der Waals surface area contributed by atoms with Crippen molar-refractivity contribution in [3.8, 4) is 5.88 Å². The highest BCUT2D eigenvalue weighted by atomic mass is 16.5. The van der Waals surface area contributed by atoms with Gasteiger partial charge in [0, 0.05) is 32.7 Å². The van der Waals surface area contributed by atoms with Crippen molar-refractivity contribution in [2.45, 2.75) is 13.3 Å². The number of hydrogen-bond donors (Lipinski definition) is 1. The summed E-state index contributed by atoms with van der Waals surface area (Å²) in [7, 11) is 1.66. The Morgan fingerprint density at radius 2 is 2.06 bits per heavy atom. The Labute approximate surface area is 108 Å². The van der Waals surface area contributed by atoms with Gasteiger partial charge in [0.1, 0.15) is 5.82 Å². The van der Waals surface area contributed by atoms with Crippen LogP contribution in [0.5, 0.6) is 5.88 Å². The molecule has 0 saturated heterocycles. The molecule has 102 valence electrons. The van der Waals surface area contributed by atoms with Crippen LogP contribution in [0.1, 0.15) is 13.3 Å². The van der Waals surface area contributed by atoms with E-state index in [-0.39, 0.29) is 0 Å². The van der Waals surface area contributed by atoms with E-state index in [4.69, 9.17) is 14.2 Å². The van der Waals surface area contributed by atoms with Crippen LogP contribution < -0.4 is 10.1 Å². The number of nitrogens with one attached hydrogen (secondary N) is 1. The summed E-state index contributed by atoms with van der Waals surface area (Å²) in [5.74, 6) is 1.48. The number of rotatable bonds is 10. The summed E-state index contributed by atoms with van der Waals surface area (Å²) >= 11 is 0. The lowest BCUT2D eigenvalue weighted by atomic mass is 10.4. The Morgan fingerprint density at radius 3 is 2.83 bits per heavy atom. The highest BCUT2D eigenvalue weighted by molar-refractivity contribution is 5.36. The maximum absolute atomic E-state index is 5.54. The van der Waals surface area contributed by atoms with Crippen LogP contribution in [0, 0.1) is 0 Å². The SMILES string of the molecule is CCNc1cccc(OCCCOCCOC)n1. The Bertz CT molecular complexity index is 321. The second-order valence-electron chi connectivity index (χ2n) is 3.70. The molecular weight excluding hydrogens is 232 g/mol. The van der Waals surface area contributed by atoms with E-state index < -0.39 is 0 Å². The molecular formula is C13H22N2O3. The normalized spacial score (nSPS) is 10.3. The van der Waals surface area contributed by atoms with Gasteiger partial charge >= 0.3 is 0 Å². The lowest BCUT2D eigenvalue weighted by Gasteiger charge is -2.08. The van der Waals surface area contributed by atoms with Crippen LogP contribution in [0.3, 0.4) is 0 Å². The van der Waals surface area contributed by atoms with Gasteiger partial charge < -0.3 is 19.5 Å². The van der Waals surface area contributed by atoms with Crippen LogP contribution in [0.15, 0.2) is 18.2 Å². The predicted octanol–water partition coefficient (Wildman–Crippen LogP) is 1.95. The van der Waals surface area contributed by atoms with E-state index in [1.807, 2.05) is 25.1 Å². The largest absolute Gasteiger partial charge is 0.478 e. The molecule has 18 heavy (non-hydrogen) atoms. The monoisotopic (exact) mass is 254 g/mol. The maximum Gasteiger partial charge on any atom is 0.215 e. The van der Waals surface area contributed by atoms with E-state index in [0.29, 0.717) is 32.3 Å². The molecule has 0 bridgehead atoms. The lowest BCUT2D eigenvalue weighted by molar-refractivity contribution is 0.0642. The van der Waals surface area contributed by atoms with Crippen LogP contribution in [-0.2, 0) is 9.47 Å². The van der Waals surface area contributed by atoms with Gasteiger partial charge in [-0.1, -0.05) is 6.07 Å². The van der Waals surface area contributed by atoms with Crippen molar-refractivity contribution >= 4 is 5.82 Å². The van der Waals surface area contributed by atoms with Crippen molar-refractivity contribution in [3.63, 3.8) is 0 Å². The van der Waals surface area contributed by atoms with Crippen molar-refractivity contribution in [1.29, 1.82) is 0 Å². The Kier molecular flexibility index (Phi) is 7.92. The zero-order valence-corrected chi connectivity index (χ0v) is 11.1. The van der Waals surface area contributed by atoms with Gasteiger partial charge in [-0.2, -0.15) is 4.98 Å². The minimum atomic E-state index is 0.607. The number of pyridine rings is 1. The molecule has 0 aliphatic rings. The number of aromatic nitrogens is 1. The quantitative estimate of drug-likeness (QED) is 0.647. The van der Waals surface area contributed by atoms with Crippen molar-refractivity contribution in [1.82, 2.24) is 4.98 Å². The molecule has 1 N–H and O–H groups in total. The molecule has 0 saturated carbocycles. The van der Waals surface area contributed by atoms with Crippen LogP contribution in [0.4, 0.5) is 5.82 Å². The molecule has 1 heterocycles. The average molecular weight is 254 g/mol. The van der Waals surface area contributed by atoms with Crippen LogP contribution >= 0.6 is 0 Å². The van der Waals surface area contributed by atoms with Crippen LogP contribution in [0.2, 0.25) is 0 Å². The van der Waals surface area contributed by atoms with Crippen molar-refractivity contribution in [2.75, 3.05) is 45.4 Å². The molecule has 0 radical (unpaired) electrons. The molecule has 0 atom stereocenters. The minimum Gasteiger partial charge on any atom is -0.478 e. The van der Waals surface area contributed by atoms with Crippen molar-refractivity contribution < 1.29 is 14.2 Å². The van der Waals surface area contributed by atoms with Gasteiger partial charge in [-0.05, 0) is 13.0 Å². The molecule has 1 rings (SSSR count). The summed E-state index contributed by atoms with van der Waals surface area (Å²) in [6, 6.07) is 5.70. The summed E-state index contributed by atoms with van der Waals surface area (Å²) in [4.78, 5) is 4.32. The molecule has 5 heteroatoms. The summed E-state index contributed by atoms with van der Waals surface area (Å²) in [6.07, 6.45) is 0.844.